The van der Waals surface area contributed by atoms with E-state index in [1.165, 1.54) is 13.2 Å². The Balaban J connectivity index is 2.30. The van der Waals surface area contributed by atoms with Crippen LogP contribution in [-0.4, -0.2) is 12.9 Å². The van der Waals surface area contributed by atoms with Crippen molar-refractivity contribution in [2.75, 3.05) is 7.11 Å². The smallest absolute Gasteiger partial charge is 0.171 e. The average molecular weight is 337 g/mol. The zero-order valence-electron chi connectivity index (χ0n) is 11.2. The Morgan fingerprint density at radius 1 is 1.25 bits per heavy atom. The van der Waals surface area contributed by atoms with Gasteiger partial charge >= 0.3 is 0 Å². The molecule has 0 fully saturated rings. The molecule has 2 nitrogen and oxygen atoms in total. The second-order valence-electron chi connectivity index (χ2n) is 4.54. The first kappa shape index (κ1) is 14.7. The van der Waals surface area contributed by atoms with E-state index in [0.29, 0.717) is 21.3 Å². The Hall–Kier alpha value is -1.68. The normalized spacial score (nSPS) is 10.4. The second kappa shape index (κ2) is 6.18. The second-order valence-corrected chi connectivity index (χ2v) is 5.46. The molecule has 0 aliphatic rings. The highest BCUT2D eigenvalue weighted by atomic mass is 79.9. The van der Waals surface area contributed by atoms with Crippen molar-refractivity contribution in [2.24, 2.45) is 0 Å². The van der Waals surface area contributed by atoms with E-state index in [4.69, 9.17) is 4.74 Å². The number of hydrogen-bond acceptors (Lipinski definition) is 2. The van der Waals surface area contributed by atoms with Crippen LogP contribution >= 0.6 is 15.9 Å². The van der Waals surface area contributed by atoms with Crippen LogP contribution in [0.1, 0.15) is 21.5 Å². The maximum absolute atomic E-state index is 13.8. The lowest BCUT2D eigenvalue weighted by atomic mass is 10.0. The first-order valence-electron chi connectivity index (χ1n) is 6.13. The third kappa shape index (κ3) is 3.25. The molecule has 0 heterocycles. The molecule has 0 bridgehead atoms. The number of hydrogen-bond donors (Lipinski definition) is 0. The molecule has 2 rings (SSSR count). The number of carbonyl (C=O) groups excluding carboxylic acids is 1. The predicted octanol–water partition coefficient (Wildman–Crippen LogP) is 4.33. The number of aryl methyl sites for hydroxylation is 1. The largest absolute Gasteiger partial charge is 0.496 e. The Labute approximate surface area is 125 Å². The van der Waals surface area contributed by atoms with E-state index in [0.717, 1.165) is 5.56 Å². The summed E-state index contributed by atoms with van der Waals surface area (Å²) >= 11 is 3.19. The molecule has 0 aliphatic carbocycles. The highest BCUT2D eigenvalue weighted by Crippen LogP contribution is 2.23. The number of rotatable bonds is 4. The number of halogens is 2. The van der Waals surface area contributed by atoms with Crippen LogP contribution in [0.2, 0.25) is 0 Å². The van der Waals surface area contributed by atoms with Gasteiger partial charge in [-0.3, -0.25) is 4.79 Å². The molecule has 0 spiro atoms. The molecule has 0 atom stereocenters. The third-order valence-corrected chi connectivity index (χ3v) is 3.51. The number of carbonyl (C=O) groups is 1. The van der Waals surface area contributed by atoms with Gasteiger partial charge in [0.2, 0.25) is 0 Å². The van der Waals surface area contributed by atoms with E-state index < -0.39 is 0 Å². The van der Waals surface area contributed by atoms with Crippen LogP contribution in [-0.2, 0) is 6.42 Å². The summed E-state index contributed by atoms with van der Waals surface area (Å²) in [5.41, 5.74) is 1.82. The number of ketones is 1. The molecule has 0 unspecified atom stereocenters. The third-order valence-electron chi connectivity index (χ3n) is 3.02. The fraction of sp³-hybridized carbons (Fsp3) is 0.188. The minimum Gasteiger partial charge on any atom is -0.496 e. The molecule has 0 amide bonds. The van der Waals surface area contributed by atoms with Gasteiger partial charge < -0.3 is 4.74 Å². The SMILES string of the molecule is COc1ccc(C)cc1C(=O)Cc1ccc(Br)cc1F. The molecular formula is C16H14BrFO2. The maximum atomic E-state index is 13.8. The van der Waals surface area contributed by atoms with Crippen LogP contribution in [0.25, 0.3) is 0 Å². The van der Waals surface area contributed by atoms with E-state index in [-0.39, 0.29) is 18.0 Å². The summed E-state index contributed by atoms with van der Waals surface area (Å²) in [6.45, 7) is 1.90. The van der Waals surface area contributed by atoms with E-state index in [9.17, 15) is 9.18 Å². The van der Waals surface area contributed by atoms with Crippen LogP contribution in [0.15, 0.2) is 40.9 Å². The van der Waals surface area contributed by atoms with Gasteiger partial charge in [-0.25, -0.2) is 4.39 Å². The Morgan fingerprint density at radius 3 is 2.65 bits per heavy atom. The maximum Gasteiger partial charge on any atom is 0.171 e. The molecule has 20 heavy (non-hydrogen) atoms. The van der Waals surface area contributed by atoms with Crippen LogP contribution in [0.3, 0.4) is 0 Å². The summed E-state index contributed by atoms with van der Waals surface area (Å²) in [7, 11) is 1.52. The Bertz CT molecular complexity index is 653. The number of Topliss-reactive ketones (excluding diaryl/α,β-unsaturated/α-hetero) is 1. The lowest BCUT2D eigenvalue weighted by molar-refractivity contribution is 0.0989. The van der Waals surface area contributed by atoms with E-state index >= 15 is 0 Å². The van der Waals surface area contributed by atoms with Crippen molar-refractivity contribution < 1.29 is 13.9 Å². The van der Waals surface area contributed by atoms with E-state index in [1.807, 2.05) is 13.0 Å². The topological polar surface area (TPSA) is 26.3 Å². The molecule has 0 aromatic heterocycles. The summed E-state index contributed by atoms with van der Waals surface area (Å²) in [5.74, 6) is -0.0377. The number of benzene rings is 2. The van der Waals surface area contributed by atoms with Crippen molar-refractivity contribution in [3.05, 3.63) is 63.4 Å². The van der Waals surface area contributed by atoms with Gasteiger partial charge in [-0.05, 0) is 36.8 Å². The summed E-state index contributed by atoms with van der Waals surface area (Å²) in [5, 5.41) is 0. The molecule has 0 radical (unpaired) electrons. The first-order chi connectivity index (χ1) is 9.51. The van der Waals surface area contributed by atoms with Crippen molar-refractivity contribution in [2.45, 2.75) is 13.3 Å². The Kier molecular flexibility index (Phi) is 4.55. The van der Waals surface area contributed by atoms with Gasteiger partial charge in [-0.2, -0.15) is 0 Å². The van der Waals surface area contributed by atoms with Gasteiger partial charge in [0.05, 0.1) is 12.7 Å². The van der Waals surface area contributed by atoms with Gasteiger partial charge in [0, 0.05) is 10.9 Å². The fourth-order valence-electron chi connectivity index (χ4n) is 1.97. The zero-order chi connectivity index (χ0) is 14.7. The molecule has 0 aliphatic heterocycles. The van der Waals surface area contributed by atoms with Gasteiger partial charge in [-0.1, -0.05) is 33.6 Å². The molecule has 0 saturated carbocycles. The molecule has 0 N–H and O–H groups in total. The van der Waals surface area contributed by atoms with Gasteiger partial charge in [0.25, 0.3) is 0 Å². The van der Waals surface area contributed by atoms with Crippen molar-refractivity contribution in [3.63, 3.8) is 0 Å². The zero-order valence-corrected chi connectivity index (χ0v) is 12.8. The van der Waals surface area contributed by atoms with Crippen LogP contribution in [0.5, 0.6) is 5.75 Å². The monoisotopic (exact) mass is 336 g/mol. The summed E-state index contributed by atoms with van der Waals surface area (Å²) in [4.78, 5) is 12.3. The van der Waals surface area contributed by atoms with Crippen molar-refractivity contribution >= 4 is 21.7 Å². The molecule has 2 aromatic rings. The highest BCUT2D eigenvalue weighted by Gasteiger charge is 2.15. The van der Waals surface area contributed by atoms with Gasteiger partial charge in [0.15, 0.2) is 5.78 Å². The molecule has 2 aromatic carbocycles. The van der Waals surface area contributed by atoms with Crippen LogP contribution in [0, 0.1) is 12.7 Å². The number of ether oxygens (including phenoxy) is 1. The predicted molar refractivity (Wildman–Crippen MR) is 79.9 cm³/mol. The van der Waals surface area contributed by atoms with E-state index in [1.54, 1.807) is 24.3 Å². The fourth-order valence-corrected chi connectivity index (χ4v) is 2.31. The standard InChI is InChI=1S/C16H14BrFO2/c1-10-3-6-16(20-2)13(7-10)15(19)8-11-4-5-12(17)9-14(11)18/h3-7,9H,8H2,1-2H3. The van der Waals surface area contributed by atoms with Crippen LogP contribution in [0.4, 0.5) is 4.39 Å². The average Bonchev–Trinajstić information content (AvgIpc) is 2.41. The lowest BCUT2D eigenvalue weighted by Crippen LogP contribution is -2.07. The molecule has 4 heteroatoms. The Morgan fingerprint density at radius 2 is 2.00 bits per heavy atom. The molecular weight excluding hydrogens is 323 g/mol. The molecule has 104 valence electrons. The minimum absolute atomic E-state index is 0.0128. The highest BCUT2D eigenvalue weighted by molar-refractivity contribution is 9.10. The quantitative estimate of drug-likeness (QED) is 0.776. The number of methoxy groups -OCH3 is 1. The summed E-state index contributed by atoms with van der Waals surface area (Å²) in [6.07, 6.45) is 0.0128. The van der Waals surface area contributed by atoms with Gasteiger partial charge in [-0.15, -0.1) is 0 Å². The summed E-state index contributed by atoms with van der Waals surface area (Å²) < 4.78 is 19.6. The first-order valence-corrected chi connectivity index (χ1v) is 6.92. The van der Waals surface area contributed by atoms with Crippen molar-refractivity contribution in [3.8, 4) is 5.75 Å². The van der Waals surface area contributed by atoms with Crippen molar-refractivity contribution in [1.29, 1.82) is 0 Å². The van der Waals surface area contributed by atoms with Crippen molar-refractivity contribution in [1.82, 2.24) is 0 Å². The summed E-state index contributed by atoms with van der Waals surface area (Å²) in [6, 6.07) is 10.1. The van der Waals surface area contributed by atoms with E-state index in [2.05, 4.69) is 15.9 Å². The van der Waals surface area contributed by atoms with Gasteiger partial charge in [0.1, 0.15) is 11.6 Å². The van der Waals surface area contributed by atoms with Crippen LogP contribution < -0.4 is 4.74 Å². The minimum atomic E-state index is -0.389. The lowest BCUT2D eigenvalue weighted by Gasteiger charge is -2.09. The molecule has 0 saturated heterocycles.